The molecular formula is C23H33N3O2S. The average Bonchev–Trinajstić information content (AvgIpc) is 3.08. The molecule has 1 unspecified atom stereocenters. The molecule has 2 aliphatic carbocycles. The highest BCUT2D eigenvalue weighted by molar-refractivity contribution is 7.18. The van der Waals surface area contributed by atoms with Crippen molar-refractivity contribution in [1.82, 2.24) is 14.5 Å². The zero-order chi connectivity index (χ0) is 20.8. The van der Waals surface area contributed by atoms with Crippen molar-refractivity contribution in [2.75, 3.05) is 7.05 Å². The van der Waals surface area contributed by atoms with E-state index in [-0.39, 0.29) is 23.4 Å². The van der Waals surface area contributed by atoms with Crippen molar-refractivity contribution in [3.63, 3.8) is 0 Å². The first-order valence-electron chi connectivity index (χ1n) is 11.0. The van der Waals surface area contributed by atoms with E-state index in [1.54, 1.807) is 17.7 Å². The summed E-state index contributed by atoms with van der Waals surface area (Å²) in [5.41, 5.74) is 1.41. The van der Waals surface area contributed by atoms with Gasteiger partial charge in [-0.15, -0.1) is 11.3 Å². The maximum absolute atomic E-state index is 13.2. The van der Waals surface area contributed by atoms with Crippen molar-refractivity contribution in [3.8, 4) is 0 Å². The Hall–Kier alpha value is -1.69. The van der Waals surface area contributed by atoms with Crippen molar-refractivity contribution in [1.29, 1.82) is 0 Å². The maximum atomic E-state index is 13.2. The molecule has 4 rings (SSSR count). The van der Waals surface area contributed by atoms with E-state index >= 15 is 0 Å². The van der Waals surface area contributed by atoms with E-state index < -0.39 is 0 Å². The molecule has 1 saturated carbocycles. The molecule has 1 amide bonds. The summed E-state index contributed by atoms with van der Waals surface area (Å²) in [4.78, 5) is 34.6. The first-order chi connectivity index (χ1) is 13.8. The van der Waals surface area contributed by atoms with Crippen LogP contribution in [0, 0.1) is 11.3 Å². The summed E-state index contributed by atoms with van der Waals surface area (Å²) in [5, 5.41) is 0.757. The summed E-state index contributed by atoms with van der Waals surface area (Å²) in [6.45, 7) is 6.99. The predicted molar refractivity (Wildman–Crippen MR) is 118 cm³/mol. The largest absolute Gasteiger partial charge is 0.341 e. The van der Waals surface area contributed by atoms with Gasteiger partial charge in [-0.25, -0.2) is 4.98 Å². The van der Waals surface area contributed by atoms with E-state index in [0.29, 0.717) is 12.0 Å². The highest BCUT2D eigenvalue weighted by Gasteiger charge is 2.32. The molecule has 2 aromatic heterocycles. The molecule has 6 heteroatoms. The number of hydrogen-bond donors (Lipinski definition) is 0. The number of aryl methyl sites for hydroxylation is 1. The number of nitrogens with zero attached hydrogens (tertiary/aromatic N) is 3. The second kappa shape index (κ2) is 7.86. The molecule has 29 heavy (non-hydrogen) atoms. The lowest BCUT2D eigenvalue weighted by atomic mass is 9.72. The van der Waals surface area contributed by atoms with Gasteiger partial charge in [0.2, 0.25) is 5.91 Å². The van der Waals surface area contributed by atoms with E-state index in [0.717, 1.165) is 42.3 Å². The highest BCUT2D eigenvalue weighted by atomic mass is 32.1. The lowest BCUT2D eigenvalue weighted by Crippen LogP contribution is -2.41. The SMILES string of the molecule is CN(C(=O)Cn1cnc2sc3c(c2c1=O)CCC(C(C)(C)C)C3)C1CCCCC1. The number of fused-ring (bicyclic) bond motifs is 3. The zero-order valence-corrected chi connectivity index (χ0v) is 19.0. The minimum absolute atomic E-state index is 0.0112. The van der Waals surface area contributed by atoms with E-state index in [9.17, 15) is 9.59 Å². The third-order valence-electron chi connectivity index (χ3n) is 7.08. The Morgan fingerprint density at radius 3 is 2.66 bits per heavy atom. The average molecular weight is 416 g/mol. The molecule has 0 saturated heterocycles. The fourth-order valence-corrected chi connectivity index (χ4v) is 6.24. The highest BCUT2D eigenvalue weighted by Crippen LogP contribution is 2.41. The molecule has 2 aromatic rings. The number of thiophene rings is 1. The van der Waals surface area contributed by atoms with Crippen LogP contribution in [-0.4, -0.2) is 33.4 Å². The van der Waals surface area contributed by atoms with Crippen LogP contribution in [-0.2, 0) is 24.2 Å². The molecule has 1 fully saturated rings. The van der Waals surface area contributed by atoms with Crippen LogP contribution < -0.4 is 5.56 Å². The van der Waals surface area contributed by atoms with Gasteiger partial charge in [-0.05, 0) is 49.0 Å². The molecule has 0 aromatic carbocycles. The Bertz CT molecular complexity index is 963. The van der Waals surface area contributed by atoms with E-state index in [4.69, 9.17) is 0 Å². The van der Waals surface area contributed by atoms with Gasteiger partial charge in [0.1, 0.15) is 11.4 Å². The molecule has 2 heterocycles. The number of amides is 1. The van der Waals surface area contributed by atoms with Crippen molar-refractivity contribution in [3.05, 3.63) is 27.1 Å². The Morgan fingerprint density at radius 1 is 1.24 bits per heavy atom. The smallest absolute Gasteiger partial charge is 0.262 e. The van der Waals surface area contributed by atoms with E-state index in [2.05, 4.69) is 25.8 Å². The van der Waals surface area contributed by atoms with Gasteiger partial charge in [0.05, 0.1) is 11.7 Å². The lowest BCUT2D eigenvalue weighted by molar-refractivity contribution is -0.133. The lowest BCUT2D eigenvalue weighted by Gasteiger charge is -2.33. The van der Waals surface area contributed by atoms with Crippen LogP contribution in [0.3, 0.4) is 0 Å². The zero-order valence-electron chi connectivity index (χ0n) is 18.2. The van der Waals surface area contributed by atoms with Gasteiger partial charge >= 0.3 is 0 Å². The first kappa shape index (κ1) is 20.6. The van der Waals surface area contributed by atoms with E-state index in [1.165, 1.54) is 34.3 Å². The molecule has 5 nitrogen and oxygen atoms in total. The van der Waals surface area contributed by atoms with Gasteiger partial charge < -0.3 is 4.90 Å². The summed E-state index contributed by atoms with van der Waals surface area (Å²) in [6.07, 6.45) is 10.4. The number of aromatic nitrogens is 2. The van der Waals surface area contributed by atoms with Crippen LogP contribution in [0.5, 0.6) is 0 Å². The third-order valence-corrected chi connectivity index (χ3v) is 8.24. The van der Waals surface area contributed by atoms with Gasteiger partial charge in [-0.3, -0.25) is 14.2 Å². The van der Waals surface area contributed by atoms with Crippen LogP contribution in [0.2, 0.25) is 0 Å². The molecular weight excluding hydrogens is 382 g/mol. The van der Waals surface area contributed by atoms with Crippen LogP contribution in [0.1, 0.15) is 69.7 Å². The fraction of sp³-hybridized carbons (Fsp3) is 0.696. The van der Waals surface area contributed by atoms with Crippen LogP contribution >= 0.6 is 11.3 Å². The number of carbonyl (C=O) groups is 1. The van der Waals surface area contributed by atoms with Gasteiger partial charge in [-0.2, -0.15) is 0 Å². The molecule has 1 atom stereocenters. The third kappa shape index (κ3) is 4.00. The number of rotatable bonds is 3. The van der Waals surface area contributed by atoms with Gasteiger partial charge in [0.25, 0.3) is 5.56 Å². The molecule has 0 radical (unpaired) electrons. The predicted octanol–water partition coefficient (Wildman–Crippen LogP) is 4.40. The fourth-order valence-electron chi connectivity index (χ4n) is 4.98. The van der Waals surface area contributed by atoms with Crippen molar-refractivity contribution in [2.45, 2.75) is 84.7 Å². The number of hydrogen-bond acceptors (Lipinski definition) is 4. The van der Waals surface area contributed by atoms with Crippen molar-refractivity contribution < 1.29 is 4.79 Å². The Kier molecular flexibility index (Phi) is 5.58. The van der Waals surface area contributed by atoms with Crippen LogP contribution in [0.4, 0.5) is 0 Å². The second-order valence-corrected chi connectivity index (χ2v) is 11.0. The Labute approximate surface area is 177 Å². The summed E-state index contributed by atoms with van der Waals surface area (Å²) >= 11 is 1.67. The Morgan fingerprint density at radius 2 is 1.97 bits per heavy atom. The minimum Gasteiger partial charge on any atom is -0.341 e. The molecule has 158 valence electrons. The minimum atomic E-state index is -0.0490. The summed E-state index contributed by atoms with van der Waals surface area (Å²) in [7, 11) is 1.88. The Balaban J connectivity index is 1.58. The van der Waals surface area contributed by atoms with Crippen LogP contribution in [0.15, 0.2) is 11.1 Å². The molecule has 2 aliphatic rings. The second-order valence-electron chi connectivity index (χ2n) is 9.96. The van der Waals surface area contributed by atoms with Crippen molar-refractivity contribution in [2.24, 2.45) is 11.3 Å². The number of carbonyl (C=O) groups excluding carboxylic acids is 1. The quantitative estimate of drug-likeness (QED) is 0.747. The number of likely N-dealkylation sites (N-methyl/N-ethyl adjacent to an activating group) is 1. The molecule has 0 aliphatic heterocycles. The maximum Gasteiger partial charge on any atom is 0.262 e. The van der Waals surface area contributed by atoms with Crippen LogP contribution in [0.25, 0.3) is 10.2 Å². The standard InChI is InChI=1S/C23H33N3O2S/c1-23(2,3)15-10-11-17-18(12-15)29-21-20(17)22(28)26(14-24-21)13-19(27)25(4)16-8-6-5-7-9-16/h14-16H,5-13H2,1-4H3. The van der Waals surface area contributed by atoms with Gasteiger partial charge in [0, 0.05) is 18.0 Å². The van der Waals surface area contributed by atoms with E-state index in [1.807, 2.05) is 11.9 Å². The topological polar surface area (TPSA) is 55.2 Å². The molecule has 0 N–H and O–H groups in total. The summed E-state index contributed by atoms with van der Waals surface area (Å²) in [6, 6.07) is 0.312. The van der Waals surface area contributed by atoms with Crippen molar-refractivity contribution >= 4 is 27.5 Å². The summed E-state index contributed by atoms with van der Waals surface area (Å²) in [5.74, 6) is 0.646. The van der Waals surface area contributed by atoms with Gasteiger partial charge in [-0.1, -0.05) is 40.0 Å². The molecule has 0 spiro atoms. The first-order valence-corrected chi connectivity index (χ1v) is 11.8. The van der Waals surface area contributed by atoms with Gasteiger partial charge in [0.15, 0.2) is 0 Å². The summed E-state index contributed by atoms with van der Waals surface area (Å²) < 4.78 is 1.52. The normalized spacial score (nSPS) is 20.6. The monoisotopic (exact) mass is 415 g/mol. The molecule has 0 bridgehead atoms.